The van der Waals surface area contributed by atoms with Crippen LogP contribution in [0.2, 0.25) is 0 Å². The molecular weight excluding hydrogens is 411 g/mol. The first kappa shape index (κ1) is 21.2. The van der Waals surface area contributed by atoms with E-state index in [1.807, 2.05) is 0 Å². The van der Waals surface area contributed by atoms with Crippen LogP contribution >= 0.6 is 0 Å². The summed E-state index contributed by atoms with van der Waals surface area (Å²) in [6.45, 7) is 1.74. The zero-order valence-corrected chi connectivity index (χ0v) is 17.6. The number of carbonyl (C=O) groups is 2. The molecule has 0 saturated carbocycles. The van der Waals surface area contributed by atoms with E-state index in [4.69, 9.17) is 4.74 Å². The third-order valence-electron chi connectivity index (χ3n) is 5.49. The predicted octanol–water partition coefficient (Wildman–Crippen LogP) is 4.16. The highest BCUT2D eigenvalue weighted by molar-refractivity contribution is 6.46. The average molecular weight is 432 g/mol. The van der Waals surface area contributed by atoms with E-state index in [1.54, 1.807) is 55.6 Å². The Morgan fingerprint density at radius 2 is 1.88 bits per heavy atom. The maximum atomic E-state index is 14.8. The van der Waals surface area contributed by atoms with Crippen LogP contribution in [0.3, 0.4) is 0 Å². The monoisotopic (exact) mass is 432 g/mol. The molecule has 0 aliphatic carbocycles. The number of nitrogens with zero attached hydrogens (tertiary/aromatic N) is 2. The minimum Gasteiger partial charge on any atom is -0.507 e. The molecule has 2 heterocycles. The molecule has 0 radical (unpaired) electrons. The van der Waals surface area contributed by atoms with Gasteiger partial charge in [0, 0.05) is 17.3 Å². The lowest BCUT2D eigenvalue weighted by atomic mass is 9.93. The van der Waals surface area contributed by atoms with Crippen LogP contribution in [0.15, 0.2) is 72.4 Å². The van der Waals surface area contributed by atoms with Gasteiger partial charge in [0.1, 0.15) is 17.3 Å². The van der Waals surface area contributed by atoms with E-state index in [0.29, 0.717) is 22.6 Å². The van der Waals surface area contributed by atoms with Crippen molar-refractivity contribution in [1.29, 1.82) is 0 Å². The minimum absolute atomic E-state index is 0.0111. The molecule has 6 nitrogen and oxygen atoms in total. The number of pyridine rings is 1. The lowest BCUT2D eigenvalue weighted by Gasteiger charge is -2.25. The molecule has 3 aromatic rings. The summed E-state index contributed by atoms with van der Waals surface area (Å²) >= 11 is 0. The second kappa shape index (κ2) is 8.63. The average Bonchev–Trinajstić information content (AvgIpc) is 3.04. The van der Waals surface area contributed by atoms with Gasteiger partial charge in [0.15, 0.2) is 0 Å². The molecule has 1 unspecified atom stereocenters. The standard InChI is InChI=1S/C25H21FN2O4/c1-15-13-17(32-2)10-11-18(15)23(29)21-22(19-8-3-4-9-20(19)26)28(25(31)24(21)30)14-16-7-5-6-12-27-16/h3-13,22,29H,14H2,1-2H3/b23-21+. The van der Waals surface area contributed by atoms with Gasteiger partial charge in [0.25, 0.3) is 11.7 Å². The summed E-state index contributed by atoms with van der Waals surface area (Å²) in [6, 6.07) is 15.0. The number of aliphatic hydroxyl groups excluding tert-OH is 1. The first-order valence-corrected chi connectivity index (χ1v) is 10.00. The van der Waals surface area contributed by atoms with Crippen LogP contribution in [0, 0.1) is 12.7 Å². The van der Waals surface area contributed by atoms with Crippen molar-refractivity contribution in [2.45, 2.75) is 19.5 Å². The second-order valence-electron chi connectivity index (χ2n) is 7.45. The summed E-state index contributed by atoms with van der Waals surface area (Å²) in [7, 11) is 1.52. The molecule has 1 amide bonds. The molecule has 1 saturated heterocycles. The summed E-state index contributed by atoms with van der Waals surface area (Å²) in [5.41, 5.74) is 1.50. The van der Waals surface area contributed by atoms with Gasteiger partial charge in [-0.3, -0.25) is 14.6 Å². The largest absolute Gasteiger partial charge is 0.507 e. The van der Waals surface area contributed by atoms with Gasteiger partial charge in [-0.25, -0.2) is 4.39 Å². The van der Waals surface area contributed by atoms with Crippen LogP contribution in [0.4, 0.5) is 4.39 Å². The second-order valence-corrected chi connectivity index (χ2v) is 7.45. The molecular formula is C25H21FN2O4. The van der Waals surface area contributed by atoms with E-state index in [0.717, 1.165) is 0 Å². The molecule has 0 spiro atoms. The Hall–Kier alpha value is -4.00. The fraction of sp³-hybridized carbons (Fsp3) is 0.160. The smallest absolute Gasteiger partial charge is 0.296 e. The van der Waals surface area contributed by atoms with Gasteiger partial charge in [-0.05, 0) is 48.9 Å². The van der Waals surface area contributed by atoms with Crippen molar-refractivity contribution in [1.82, 2.24) is 9.88 Å². The third-order valence-corrected chi connectivity index (χ3v) is 5.49. The van der Waals surface area contributed by atoms with Gasteiger partial charge in [0.2, 0.25) is 0 Å². The number of hydrogen-bond acceptors (Lipinski definition) is 5. The summed E-state index contributed by atoms with van der Waals surface area (Å²) < 4.78 is 20.0. The number of ether oxygens (including phenoxy) is 1. The van der Waals surface area contributed by atoms with Crippen LogP contribution < -0.4 is 4.74 Å². The Morgan fingerprint density at radius 3 is 2.53 bits per heavy atom. The fourth-order valence-corrected chi connectivity index (χ4v) is 3.90. The van der Waals surface area contributed by atoms with Crippen molar-refractivity contribution in [2.24, 2.45) is 0 Å². The molecule has 1 aliphatic rings. The molecule has 1 atom stereocenters. The minimum atomic E-state index is -1.10. The number of likely N-dealkylation sites (tertiary alicyclic amines) is 1. The molecule has 1 aromatic heterocycles. The van der Waals surface area contributed by atoms with Crippen LogP contribution in [0.1, 0.15) is 28.4 Å². The molecule has 32 heavy (non-hydrogen) atoms. The number of hydrogen-bond donors (Lipinski definition) is 1. The number of carbonyl (C=O) groups excluding carboxylic acids is 2. The van der Waals surface area contributed by atoms with Crippen LogP contribution in [-0.4, -0.2) is 33.8 Å². The number of Topliss-reactive ketones (excluding diaryl/α,β-unsaturated/α-hetero) is 1. The van der Waals surface area contributed by atoms with Gasteiger partial charge in [-0.1, -0.05) is 24.3 Å². The lowest BCUT2D eigenvalue weighted by molar-refractivity contribution is -0.140. The molecule has 162 valence electrons. The van der Waals surface area contributed by atoms with E-state index >= 15 is 0 Å². The summed E-state index contributed by atoms with van der Waals surface area (Å²) in [5, 5.41) is 11.2. The zero-order valence-electron chi connectivity index (χ0n) is 17.6. The Morgan fingerprint density at radius 1 is 1.12 bits per heavy atom. The Bertz CT molecular complexity index is 1220. The Balaban J connectivity index is 1.90. The van der Waals surface area contributed by atoms with Gasteiger partial charge in [-0.2, -0.15) is 0 Å². The zero-order chi connectivity index (χ0) is 22.8. The number of aliphatic hydroxyl groups is 1. The van der Waals surface area contributed by atoms with Crippen LogP contribution in [-0.2, 0) is 16.1 Å². The number of aryl methyl sites for hydroxylation is 1. The number of benzene rings is 2. The normalized spacial score (nSPS) is 17.6. The van der Waals surface area contributed by atoms with Crippen LogP contribution in [0.25, 0.3) is 5.76 Å². The molecule has 0 bridgehead atoms. The molecule has 1 N–H and O–H groups in total. The summed E-state index contributed by atoms with van der Waals surface area (Å²) in [6.07, 6.45) is 1.57. The van der Waals surface area contributed by atoms with Crippen LogP contribution in [0.5, 0.6) is 5.75 Å². The predicted molar refractivity (Wildman–Crippen MR) is 116 cm³/mol. The first-order valence-electron chi connectivity index (χ1n) is 10.00. The van der Waals surface area contributed by atoms with Crippen molar-refractivity contribution in [3.05, 3.63) is 101 Å². The molecule has 4 rings (SSSR count). The highest BCUT2D eigenvalue weighted by atomic mass is 19.1. The fourth-order valence-electron chi connectivity index (χ4n) is 3.90. The van der Waals surface area contributed by atoms with Crippen molar-refractivity contribution in [3.8, 4) is 5.75 Å². The maximum absolute atomic E-state index is 14.8. The molecule has 2 aromatic carbocycles. The lowest BCUT2D eigenvalue weighted by Crippen LogP contribution is -2.30. The number of halogens is 1. The first-order chi connectivity index (χ1) is 15.4. The van der Waals surface area contributed by atoms with E-state index in [1.165, 1.54) is 30.2 Å². The number of methoxy groups -OCH3 is 1. The summed E-state index contributed by atoms with van der Waals surface area (Å²) in [4.78, 5) is 31.5. The van der Waals surface area contributed by atoms with Gasteiger partial charge in [0.05, 0.1) is 31.0 Å². The van der Waals surface area contributed by atoms with Crippen molar-refractivity contribution in [3.63, 3.8) is 0 Å². The molecule has 7 heteroatoms. The van der Waals surface area contributed by atoms with E-state index in [2.05, 4.69) is 4.98 Å². The number of aromatic nitrogens is 1. The van der Waals surface area contributed by atoms with Crippen molar-refractivity contribution < 1.29 is 23.8 Å². The SMILES string of the molecule is COc1ccc(/C(O)=C2\C(=O)C(=O)N(Cc3ccccn3)C2c2ccccc2F)c(C)c1. The Kier molecular flexibility index (Phi) is 5.73. The highest BCUT2D eigenvalue weighted by Crippen LogP contribution is 2.41. The summed E-state index contributed by atoms with van der Waals surface area (Å²) in [5.74, 6) is -2.05. The van der Waals surface area contributed by atoms with Gasteiger partial charge >= 0.3 is 0 Å². The highest BCUT2D eigenvalue weighted by Gasteiger charge is 2.47. The molecule has 1 fully saturated rings. The Labute approximate surface area is 184 Å². The molecule has 1 aliphatic heterocycles. The van der Waals surface area contributed by atoms with Crippen molar-refractivity contribution in [2.75, 3.05) is 7.11 Å². The number of amides is 1. The maximum Gasteiger partial charge on any atom is 0.296 e. The van der Waals surface area contributed by atoms with E-state index < -0.39 is 23.5 Å². The van der Waals surface area contributed by atoms with E-state index in [9.17, 15) is 19.1 Å². The van der Waals surface area contributed by atoms with Gasteiger partial charge < -0.3 is 14.7 Å². The quantitative estimate of drug-likeness (QED) is 0.372. The topological polar surface area (TPSA) is 79.7 Å². The van der Waals surface area contributed by atoms with E-state index in [-0.39, 0.29) is 23.4 Å². The number of ketones is 1. The van der Waals surface area contributed by atoms with Gasteiger partial charge in [-0.15, -0.1) is 0 Å². The third kappa shape index (κ3) is 3.73. The van der Waals surface area contributed by atoms with Crippen molar-refractivity contribution >= 4 is 17.4 Å². The number of rotatable bonds is 5.